The molecule has 1 amide bonds. The summed E-state index contributed by atoms with van der Waals surface area (Å²) in [6.07, 6.45) is 1.78. The zero-order valence-corrected chi connectivity index (χ0v) is 12.7. The zero-order valence-electron chi connectivity index (χ0n) is 12.7. The van der Waals surface area contributed by atoms with Crippen molar-refractivity contribution in [3.63, 3.8) is 0 Å². The number of nitrogens with two attached hydrogens (primary N) is 1. The number of hydrogen-bond donors (Lipinski definition) is 2. The first-order valence-electron chi connectivity index (χ1n) is 7.42. The predicted octanol–water partition coefficient (Wildman–Crippen LogP) is 1.11. The van der Waals surface area contributed by atoms with Gasteiger partial charge in [-0.1, -0.05) is 0 Å². The molecule has 3 N–H and O–H groups in total. The summed E-state index contributed by atoms with van der Waals surface area (Å²) in [6, 6.07) is 0.213. The van der Waals surface area contributed by atoms with Crippen LogP contribution >= 0.6 is 0 Å². The second-order valence-corrected chi connectivity index (χ2v) is 6.79. The summed E-state index contributed by atoms with van der Waals surface area (Å²) in [5, 5.41) is 0. The molecule has 2 fully saturated rings. The molecule has 2 aliphatic heterocycles. The molecule has 0 saturated carbocycles. The molecule has 0 aromatic heterocycles. The summed E-state index contributed by atoms with van der Waals surface area (Å²) in [6.45, 7) is 8.68. The van der Waals surface area contributed by atoms with Gasteiger partial charge in [-0.2, -0.15) is 0 Å². The smallest absolute Gasteiger partial charge is 0.410 e. The largest absolute Gasteiger partial charge is 0.444 e. The lowest BCUT2D eigenvalue weighted by atomic mass is 9.87. The Labute approximate surface area is 120 Å². The van der Waals surface area contributed by atoms with Gasteiger partial charge in [-0.3, -0.25) is 11.3 Å². The molecular weight excluding hydrogens is 258 g/mol. The fourth-order valence-electron chi connectivity index (χ4n) is 3.07. The van der Waals surface area contributed by atoms with E-state index in [1.807, 2.05) is 20.8 Å². The molecule has 0 spiro atoms. The van der Waals surface area contributed by atoms with Gasteiger partial charge in [-0.15, -0.1) is 0 Å². The molecule has 2 aliphatic rings. The highest BCUT2D eigenvalue weighted by molar-refractivity contribution is 5.68. The first-order chi connectivity index (χ1) is 9.40. The topological polar surface area (TPSA) is 76.8 Å². The summed E-state index contributed by atoms with van der Waals surface area (Å²) < 4.78 is 10.9. The standard InChI is InChI=1S/C14H27N3O3/c1-14(2,3)20-13(18)17-6-4-10(8-17)12(16-15)11-5-7-19-9-11/h10-12,16H,4-9,15H2,1-3H3. The molecule has 0 radical (unpaired) electrons. The average molecular weight is 285 g/mol. The molecule has 0 bridgehead atoms. The predicted molar refractivity (Wildman–Crippen MR) is 76.0 cm³/mol. The number of nitrogens with zero attached hydrogens (tertiary/aromatic N) is 1. The molecule has 0 aliphatic carbocycles. The van der Waals surface area contributed by atoms with Crippen LogP contribution in [-0.4, -0.2) is 48.9 Å². The first-order valence-corrected chi connectivity index (χ1v) is 7.42. The molecule has 116 valence electrons. The highest BCUT2D eigenvalue weighted by Crippen LogP contribution is 2.28. The summed E-state index contributed by atoms with van der Waals surface area (Å²) in [5.41, 5.74) is 2.49. The van der Waals surface area contributed by atoms with Gasteiger partial charge in [0.05, 0.1) is 6.61 Å². The molecule has 20 heavy (non-hydrogen) atoms. The van der Waals surface area contributed by atoms with Crippen LogP contribution in [0.15, 0.2) is 0 Å². The molecule has 2 rings (SSSR count). The summed E-state index contributed by atoms with van der Waals surface area (Å²) in [7, 11) is 0. The number of rotatable bonds is 3. The van der Waals surface area contributed by atoms with Crippen LogP contribution < -0.4 is 11.3 Å². The minimum Gasteiger partial charge on any atom is -0.444 e. The Morgan fingerprint density at radius 2 is 2.15 bits per heavy atom. The minimum atomic E-state index is -0.444. The van der Waals surface area contributed by atoms with Crippen molar-refractivity contribution < 1.29 is 14.3 Å². The molecular formula is C14H27N3O3. The molecule has 6 heteroatoms. The molecule has 2 heterocycles. The van der Waals surface area contributed by atoms with Crippen LogP contribution in [0.4, 0.5) is 4.79 Å². The molecule has 3 atom stereocenters. The maximum Gasteiger partial charge on any atom is 0.410 e. The second kappa shape index (κ2) is 6.28. The van der Waals surface area contributed by atoms with E-state index in [1.54, 1.807) is 4.90 Å². The van der Waals surface area contributed by atoms with Gasteiger partial charge in [0.2, 0.25) is 0 Å². The lowest BCUT2D eigenvalue weighted by molar-refractivity contribution is 0.0282. The summed E-state index contributed by atoms with van der Waals surface area (Å²) >= 11 is 0. The van der Waals surface area contributed by atoms with Gasteiger partial charge < -0.3 is 14.4 Å². The van der Waals surface area contributed by atoms with Crippen molar-refractivity contribution in [1.82, 2.24) is 10.3 Å². The van der Waals surface area contributed by atoms with Crippen molar-refractivity contribution in [3.8, 4) is 0 Å². The third-order valence-corrected chi connectivity index (χ3v) is 4.05. The zero-order chi connectivity index (χ0) is 14.8. The molecule has 0 aromatic carbocycles. The molecule has 0 aromatic rings. The maximum absolute atomic E-state index is 12.1. The number of hydrogen-bond acceptors (Lipinski definition) is 5. The average Bonchev–Trinajstić information content (AvgIpc) is 2.98. The van der Waals surface area contributed by atoms with Gasteiger partial charge in [-0.05, 0) is 39.5 Å². The van der Waals surface area contributed by atoms with Crippen molar-refractivity contribution in [2.75, 3.05) is 26.3 Å². The van der Waals surface area contributed by atoms with E-state index in [2.05, 4.69) is 5.43 Å². The second-order valence-electron chi connectivity index (χ2n) is 6.79. The van der Waals surface area contributed by atoms with Gasteiger partial charge in [0, 0.05) is 31.7 Å². The number of amides is 1. The highest BCUT2D eigenvalue weighted by atomic mass is 16.6. The third kappa shape index (κ3) is 3.84. The monoisotopic (exact) mass is 285 g/mol. The molecule has 3 unspecified atom stereocenters. The van der Waals surface area contributed by atoms with Crippen LogP contribution in [0, 0.1) is 11.8 Å². The highest BCUT2D eigenvalue weighted by Gasteiger charge is 2.38. The Hall–Kier alpha value is -0.850. The summed E-state index contributed by atoms with van der Waals surface area (Å²) in [4.78, 5) is 13.9. The lowest BCUT2D eigenvalue weighted by Gasteiger charge is -2.28. The van der Waals surface area contributed by atoms with E-state index in [0.29, 0.717) is 18.4 Å². The van der Waals surface area contributed by atoms with E-state index < -0.39 is 5.60 Å². The third-order valence-electron chi connectivity index (χ3n) is 4.05. The fourth-order valence-corrected chi connectivity index (χ4v) is 3.07. The number of carbonyl (C=O) groups excluding carboxylic acids is 1. The van der Waals surface area contributed by atoms with Gasteiger partial charge >= 0.3 is 6.09 Å². The van der Waals surface area contributed by atoms with E-state index in [4.69, 9.17) is 15.3 Å². The van der Waals surface area contributed by atoms with Crippen LogP contribution in [0.2, 0.25) is 0 Å². The Morgan fingerprint density at radius 3 is 2.70 bits per heavy atom. The summed E-state index contributed by atoms with van der Waals surface area (Å²) in [5.74, 6) is 6.54. The maximum atomic E-state index is 12.1. The minimum absolute atomic E-state index is 0.213. The number of likely N-dealkylation sites (tertiary alicyclic amines) is 1. The SMILES string of the molecule is CC(C)(C)OC(=O)N1CCC(C(NN)C2CCOC2)C1. The van der Waals surface area contributed by atoms with E-state index in [9.17, 15) is 4.79 Å². The van der Waals surface area contributed by atoms with Crippen molar-refractivity contribution >= 4 is 6.09 Å². The van der Waals surface area contributed by atoms with E-state index in [1.165, 1.54) is 0 Å². The number of carbonyl (C=O) groups is 1. The quantitative estimate of drug-likeness (QED) is 0.600. The lowest BCUT2D eigenvalue weighted by Crippen LogP contribution is -2.47. The Bertz CT molecular complexity index is 337. The van der Waals surface area contributed by atoms with Gasteiger partial charge in [0.1, 0.15) is 5.60 Å². The van der Waals surface area contributed by atoms with Crippen molar-refractivity contribution in [2.24, 2.45) is 17.7 Å². The Balaban J connectivity index is 1.88. The van der Waals surface area contributed by atoms with Gasteiger partial charge in [0.15, 0.2) is 0 Å². The molecule has 6 nitrogen and oxygen atoms in total. The Kier molecular flexibility index (Phi) is 4.88. The van der Waals surface area contributed by atoms with Gasteiger partial charge in [0.25, 0.3) is 0 Å². The van der Waals surface area contributed by atoms with E-state index >= 15 is 0 Å². The number of nitrogens with one attached hydrogen (secondary N) is 1. The van der Waals surface area contributed by atoms with Crippen LogP contribution in [-0.2, 0) is 9.47 Å². The number of hydrazine groups is 1. The van der Waals surface area contributed by atoms with Crippen LogP contribution in [0.3, 0.4) is 0 Å². The Morgan fingerprint density at radius 1 is 1.40 bits per heavy atom. The van der Waals surface area contributed by atoms with Crippen molar-refractivity contribution in [1.29, 1.82) is 0 Å². The molecule has 2 saturated heterocycles. The van der Waals surface area contributed by atoms with E-state index in [0.717, 1.165) is 32.6 Å². The fraction of sp³-hybridized carbons (Fsp3) is 0.929. The number of ether oxygens (including phenoxy) is 2. The van der Waals surface area contributed by atoms with Crippen molar-refractivity contribution in [2.45, 2.75) is 45.3 Å². The van der Waals surface area contributed by atoms with Crippen LogP contribution in [0.25, 0.3) is 0 Å². The van der Waals surface area contributed by atoms with Crippen molar-refractivity contribution in [3.05, 3.63) is 0 Å². The normalized spacial score (nSPS) is 28.7. The first kappa shape index (κ1) is 15.5. The van der Waals surface area contributed by atoms with Gasteiger partial charge in [-0.25, -0.2) is 4.79 Å². The van der Waals surface area contributed by atoms with E-state index in [-0.39, 0.29) is 12.1 Å². The van der Waals surface area contributed by atoms with Crippen LogP contribution in [0.5, 0.6) is 0 Å². The van der Waals surface area contributed by atoms with Crippen LogP contribution in [0.1, 0.15) is 33.6 Å².